The van der Waals surface area contributed by atoms with Crippen molar-refractivity contribution in [2.24, 2.45) is 5.41 Å². The molecule has 0 atom stereocenters. The Labute approximate surface area is 103 Å². The van der Waals surface area contributed by atoms with Crippen LogP contribution in [-0.2, 0) is 10.2 Å². The first kappa shape index (κ1) is 12.1. The summed E-state index contributed by atoms with van der Waals surface area (Å²) in [5.41, 5.74) is 3.25. The van der Waals surface area contributed by atoms with Crippen molar-refractivity contribution >= 4 is 0 Å². The molecule has 0 aromatic heterocycles. The first-order chi connectivity index (χ1) is 7.93. The van der Waals surface area contributed by atoms with Crippen LogP contribution in [0, 0.1) is 30.6 Å². The van der Waals surface area contributed by atoms with Crippen LogP contribution in [0.4, 0.5) is 0 Å². The molecule has 1 saturated heterocycles. The van der Waals surface area contributed by atoms with Crippen LogP contribution < -0.4 is 0 Å². The van der Waals surface area contributed by atoms with Crippen molar-refractivity contribution in [1.82, 2.24) is 0 Å². The summed E-state index contributed by atoms with van der Waals surface area (Å²) in [7, 11) is 0. The van der Waals surface area contributed by atoms with Crippen molar-refractivity contribution in [3.63, 3.8) is 0 Å². The second-order valence-corrected chi connectivity index (χ2v) is 5.63. The second-order valence-electron chi connectivity index (χ2n) is 5.63. The monoisotopic (exact) mass is 229 g/mol. The molecule has 1 aliphatic heterocycles. The summed E-state index contributed by atoms with van der Waals surface area (Å²) >= 11 is 0. The lowest BCUT2D eigenvalue weighted by Gasteiger charge is -2.50. The first-order valence-electron chi connectivity index (χ1n) is 6.00. The van der Waals surface area contributed by atoms with Gasteiger partial charge in [0.15, 0.2) is 0 Å². The zero-order valence-corrected chi connectivity index (χ0v) is 11.0. The lowest BCUT2D eigenvalue weighted by Crippen LogP contribution is -2.56. The van der Waals surface area contributed by atoms with Gasteiger partial charge in [0.05, 0.1) is 30.1 Å². The zero-order valence-electron chi connectivity index (χ0n) is 11.0. The van der Waals surface area contributed by atoms with Crippen LogP contribution in [-0.4, -0.2) is 13.2 Å². The fourth-order valence-electron chi connectivity index (χ4n) is 2.62. The van der Waals surface area contributed by atoms with Gasteiger partial charge in [-0.1, -0.05) is 23.8 Å². The summed E-state index contributed by atoms with van der Waals surface area (Å²) in [6.07, 6.45) is 0. The molecule has 2 heteroatoms. The highest BCUT2D eigenvalue weighted by molar-refractivity contribution is 5.41. The third kappa shape index (κ3) is 1.66. The summed E-state index contributed by atoms with van der Waals surface area (Å²) in [6.45, 7) is 9.53. The number of nitrogens with zero attached hydrogens (tertiary/aromatic N) is 1. The van der Waals surface area contributed by atoms with Crippen molar-refractivity contribution in [2.45, 2.75) is 33.1 Å². The second kappa shape index (κ2) is 3.85. The van der Waals surface area contributed by atoms with Gasteiger partial charge in [-0.15, -0.1) is 0 Å². The molecule has 90 valence electrons. The lowest BCUT2D eigenvalue weighted by atomic mass is 9.60. The molecular weight excluding hydrogens is 210 g/mol. The van der Waals surface area contributed by atoms with Gasteiger partial charge in [0.1, 0.15) is 0 Å². The number of benzene rings is 1. The highest BCUT2D eigenvalue weighted by Gasteiger charge is 2.53. The number of hydrogen-bond donors (Lipinski definition) is 0. The van der Waals surface area contributed by atoms with E-state index in [1.807, 2.05) is 13.8 Å². The maximum absolute atomic E-state index is 9.40. The quantitative estimate of drug-likeness (QED) is 0.780. The fourth-order valence-corrected chi connectivity index (χ4v) is 2.62. The van der Waals surface area contributed by atoms with E-state index >= 15 is 0 Å². The van der Waals surface area contributed by atoms with Gasteiger partial charge in [-0.2, -0.15) is 5.26 Å². The van der Waals surface area contributed by atoms with E-state index in [2.05, 4.69) is 38.1 Å². The number of ether oxygens (including phenoxy) is 1. The van der Waals surface area contributed by atoms with Gasteiger partial charge in [0.25, 0.3) is 0 Å². The van der Waals surface area contributed by atoms with E-state index in [9.17, 15) is 5.26 Å². The number of hydrogen-bond acceptors (Lipinski definition) is 2. The van der Waals surface area contributed by atoms with Gasteiger partial charge >= 0.3 is 0 Å². The average molecular weight is 229 g/mol. The molecule has 1 heterocycles. The highest BCUT2D eigenvalue weighted by Crippen LogP contribution is 2.48. The Morgan fingerprint density at radius 3 is 2.35 bits per heavy atom. The predicted octanol–water partition coefficient (Wildman–Crippen LogP) is 3.12. The molecule has 0 unspecified atom stereocenters. The summed E-state index contributed by atoms with van der Waals surface area (Å²) in [5.74, 6) is 0. The Morgan fingerprint density at radius 2 is 1.94 bits per heavy atom. The van der Waals surface area contributed by atoms with E-state index in [0.29, 0.717) is 13.2 Å². The van der Waals surface area contributed by atoms with E-state index in [1.54, 1.807) is 0 Å². The van der Waals surface area contributed by atoms with Gasteiger partial charge in [-0.05, 0) is 38.8 Å². The standard InChI is InChI=1S/C15H19NO/c1-11-5-6-13(12(2)7-11)15(9-17-10-15)14(3,4)8-16/h5-7H,9-10H2,1-4H3. The smallest absolute Gasteiger partial charge is 0.0695 e. The zero-order chi connectivity index (χ0) is 12.7. The van der Waals surface area contributed by atoms with E-state index in [4.69, 9.17) is 4.74 Å². The minimum Gasteiger partial charge on any atom is -0.379 e. The van der Waals surface area contributed by atoms with Crippen LogP contribution in [0.3, 0.4) is 0 Å². The van der Waals surface area contributed by atoms with Crippen LogP contribution >= 0.6 is 0 Å². The normalized spacial score (nSPS) is 18.3. The maximum Gasteiger partial charge on any atom is 0.0695 e. The van der Waals surface area contributed by atoms with Gasteiger partial charge in [-0.25, -0.2) is 0 Å². The molecule has 1 aliphatic rings. The largest absolute Gasteiger partial charge is 0.379 e. The SMILES string of the molecule is Cc1ccc(C2(C(C)(C)C#N)COC2)c(C)c1. The van der Waals surface area contributed by atoms with E-state index < -0.39 is 5.41 Å². The number of aryl methyl sites for hydroxylation is 2. The highest BCUT2D eigenvalue weighted by atomic mass is 16.5. The molecule has 0 N–H and O–H groups in total. The molecule has 0 aliphatic carbocycles. The van der Waals surface area contributed by atoms with Crippen LogP contribution in [0.5, 0.6) is 0 Å². The molecular formula is C15H19NO. The average Bonchev–Trinajstić information content (AvgIpc) is 2.19. The maximum atomic E-state index is 9.40. The Bertz CT molecular complexity index is 478. The number of nitriles is 1. The van der Waals surface area contributed by atoms with Crippen molar-refractivity contribution in [2.75, 3.05) is 13.2 Å². The van der Waals surface area contributed by atoms with E-state index in [-0.39, 0.29) is 5.41 Å². The molecule has 0 radical (unpaired) electrons. The molecule has 2 nitrogen and oxygen atoms in total. The Morgan fingerprint density at radius 1 is 1.29 bits per heavy atom. The van der Waals surface area contributed by atoms with Crippen molar-refractivity contribution in [3.8, 4) is 6.07 Å². The van der Waals surface area contributed by atoms with Crippen molar-refractivity contribution in [1.29, 1.82) is 5.26 Å². The Hall–Kier alpha value is -1.33. The molecule has 17 heavy (non-hydrogen) atoms. The van der Waals surface area contributed by atoms with Crippen LogP contribution in [0.1, 0.15) is 30.5 Å². The van der Waals surface area contributed by atoms with Gasteiger partial charge in [0.2, 0.25) is 0 Å². The molecule has 0 bridgehead atoms. The Kier molecular flexibility index (Phi) is 2.75. The Balaban J connectivity index is 2.54. The molecule has 1 fully saturated rings. The topological polar surface area (TPSA) is 33.0 Å². The van der Waals surface area contributed by atoms with E-state index in [0.717, 1.165) is 0 Å². The number of rotatable bonds is 2. The molecule has 0 spiro atoms. The van der Waals surface area contributed by atoms with E-state index in [1.165, 1.54) is 16.7 Å². The first-order valence-corrected chi connectivity index (χ1v) is 6.00. The minimum atomic E-state index is -0.398. The van der Waals surface area contributed by atoms with Crippen molar-refractivity contribution < 1.29 is 4.74 Å². The fraction of sp³-hybridized carbons (Fsp3) is 0.533. The third-order valence-corrected chi connectivity index (χ3v) is 4.07. The molecule has 1 aromatic carbocycles. The van der Waals surface area contributed by atoms with Gasteiger partial charge in [0, 0.05) is 0 Å². The molecule has 1 aromatic rings. The van der Waals surface area contributed by atoms with Crippen LogP contribution in [0.15, 0.2) is 18.2 Å². The third-order valence-electron chi connectivity index (χ3n) is 4.07. The predicted molar refractivity (Wildman–Crippen MR) is 67.8 cm³/mol. The van der Waals surface area contributed by atoms with Crippen molar-refractivity contribution in [3.05, 3.63) is 34.9 Å². The van der Waals surface area contributed by atoms with Crippen LogP contribution in [0.2, 0.25) is 0 Å². The molecule has 0 amide bonds. The summed E-state index contributed by atoms with van der Waals surface area (Å²) in [5, 5.41) is 9.40. The lowest BCUT2D eigenvalue weighted by molar-refractivity contribution is -0.103. The molecule has 0 saturated carbocycles. The summed E-state index contributed by atoms with van der Waals surface area (Å²) < 4.78 is 5.41. The van der Waals surface area contributed by atoms with Gasteiger partial charge < -0.3 is 4.74 Å². The minimum absolute atomic E-state index is 0.139. The van der Waals surface area contributed by atoms with Crippen LogP contribution in [0.25, 0.3) is 0 Å². The molecule has 2 rings (SSSR count). The summed E-state index contributed by atoms with van der Waals surface area (Å²) in [4.78, 5) is 0. The van der Waals surface area contributed by atoms with Gasteiger partial charge in [-0.3, -0.25) is 0 Å². The summed E-state index contributed by atoms with van der Waals surface area (Å²) in [6, 6.07) is 8.91.